The number of ether oxygens (including phenoxy) is 1. The smallest absolute Gasteiger partial charge is 0.284 e. The van der Waals surface area contributed by atoms with Crippen LogP contribution in [0.1, 0.15) is 43.2 Å². The molecule has 1 atom stereocenters. The topological polar surface area (TPSA) is 149 Å². The molecule has 0 radical (unpaired) electrons. The van der Waals surface area contributed by atoms with Crippen LogP contribution in [0, 0.1) is 12.3 Å². The molecule has 2 aromatic heterocycles. The zero-order valence-corrected chi connectivity index (χ0v) is 29.1. The minimum atomic E-state index is -0.649. The van der Waals surface area contributed by atoms with Crippen molar-refractivity contribution in [3.63, 3.8) is 0 Å². The highest BCUT2D eigenvalue weighted by Gasteiger charge is 2.23. The van der Waals surface area contributed by atoms with Gasteiger partial charge in [-0.25, -0.2) is 14.6 Å². The molecule has 49 heavy (non-hydrogen) atoms. The molecular formula is C37H42ClN7O4. The maximum atomic E-state index is 13.3. The largest absolute Gasteiger partial charge is 0.491 e. The molecule has 0 saturated heterocycles. The van der Waals surface area contributed by atoms with E-state index in [0.717, 1.165) is 18.5 Å². The molecule has 1 unspecified atom stereocenters. The van der Waals surface area contributed by atoms with E-state index in [2.05, 4.69) is 36.4 Å². The Hall–Kier alpha value is -4.97. The number of hydrogen-bond acceptors (Lipinski definition) is 8. The minimum absolute atomic E-state index is 0.0304. The fourth-order valence-electron chi connectivity index (χ4n) is 5.25. The van der Waals surface area contributed by atoms with E-state index in [0.29, 0.717) is 51.3 Å². The lowest BCUT2D eigenvalue weighted by Crippen LogP contribution is -2.33. The van der Waals surface area contributed by atoms with Crippen LogP contribution < -0.4 is 26.7 Å². The standard InChI is InChI=1S/C37H42ClN7O4/c1-23-32(36(48)45(44(23)5)28-10-7-9-26(38)19-28)35(47)42-27-14-12-24(13-15-27)33-34(39)41-21-31(43-33)25-8-6-11-30(18-25)49-22-29(46)20-40-17-16-37(2,3)4/h6-15,18-19,21,29,40,46H,16-17,20,22H2,1-5H3,(H2,39,41)(H,42,47). The van der Waals surface area contributed by atoms with Crippen molar-refractivity contribution in [1.29, 1.82) is 0 Å². The predicted molar refractivity (Wildman–Crippen MR) is 194 cm³/mol. The lowest BCUT2D eigenvalue weighted by molar-refractivity contribution is 0.102. The maximum absolute atomic E-state index is 13.3. The zero-order chi connectivity index (χ0) is 35.3. The van der Waals surface area contributed by atoms with Gasteiger partial charge in [0.25, 0.3) is 11.5 Å². The van der Waals surface area contributed by atoms with Crippen molar-refractivity contribution < 1.29 is 14.6 Å². The Morgan fingerprint density at radius 2 is 1.80 bits per heavy atom. The Morgan fingerprint density at radius 1 is 1.06 bits per heavy atom. The number of hydrogen-bond donors (Lipinski definition) is 4. The van der Waals surface area contributed by atoms with E-state index in [4.69, 9.17) is 27.1 Å². The van der Waals surface area contributed by atoms with Crippen LogP contribution in [0.4, 0.5) is 11.5 Å². The van der Waals surface area contributed by atoms with Crippen molar-refractivity contribution in [2.75, 3.05) is 30.7 Å². The molecule has 2 heterocycles. The van der Waals surface area contributed by atoms with Crippen molar-refractivity contribution in [2.45, 2.75) is 40.2 Å². The number of carbonyl (C=O) groups excluding carboxylic acids is 1. The van der Waals surface area contributed by atoms with Gasteiger partial charge in [0.15, 0.2) is 0 Å². The van der Waals surface area contributed by atoms with Gasteiger partial charge in [-0.3, -0.25) is 14.3 Å². The number of nitrogens with one attached hydrogen (secondary N) is 2. The fraction of sp³-hybridized carbons (Fsp3) is 0.297. The number of anilines is 2. The molecule has 256 valence electrons. The number of nitrogens with two attached hydrogens (primary N) is 1. The highest BCUT2D eigenvalue weighted by molar-refractivity contribution is 6.30. The second-order valence-corrected chi connectivity index (χ2v) is 13.5. The van der Waals surface area contributed by atoms with E-state index in [1.165, 1.54) is 4.68 Å². The van der Waals surface area contributed by atoms with Crippen molar-refractivity contribution in [3.05, 3.63) is 106 Å². The number of nitrogen functional groups attached to an aromatic ring is 1. The van der Waals surface area contributed by atoms with Crippen LogP contribution in [0.15, 0.2) is 83.8 Å². The molecule has 0 aliphatic heterocycles. The number of halogens is 1. The van der Waals surface area contributed by atoms with Crippen molar-refractivity contribution >= 4 is 29.0 Å². The summed E-state index contributed by atoms with van der Waals surface area (Å²) in [5.74, 6) is 0.315. The Kier molecular flexibility index (Phi) is 10.9. The number of rotatable bonds is 12. The van der Waals surface area contributed by atoms with E-state index < -0.39 is 17.6 Å². The first-order valence-corrected chi connectivity index (χ1v) is 16.4. The number of benzene rings is 3. The summed E-state index contributed by atoms with van der Waals surface area (Å²) in [7, 11) is 1.71. The summed E-state index contributed by atoms with van der Waals surface area (Å²) in [6.07, 6.45) is 1.96. The number of carbonyl (C=O) groups is 1. The van der Waals surface area contributed by atoms with Gasteiger partial charge in [-0.1, -0.05) is 62.7 Å². The molecule has 5 aromatic rings. The number of nitrogens with zero attached hydrogens (tertiary/aromatic N) is 4. The third kappa shape index (κ3) is 8.74. The van der Waals surface area contributed by atoms with Gasteiger partial charge >= 0.3 is 0 Å². The molecule has 5 rings (SSSR count). The summed E-state index contributed by atoms with van der Waals surface area (Å²) in [5.41, 5.74) is 10.1. The summed E-state index contributed by atoms with van der Waals surface area (Å²) in [6.45, 7) is 9.69. The van der Waals surface area contributed by atoms with Gasteiger partial charge in [-0.15, -0.1) is 0 Å². The van der Waals surface area contributed by atoms with Gasteiger partial charge in [0.1, 0.15) is 35.5 Å². The molecule has 0 aliphatic rings. The third-order valence-electron chi connectivity index (χ3n) is 8.05. The predicted octanol–water partition coefficient (Wildman–Crippen LogP) is 5.86. The average molecular weight is 684 g/mol. The highest BCUT2D eigenvalue weighted by atomic mass is 35.5. The van der Waals surface area contributed by atoms with Crippen LogP contribution in [-0.4, -0.2) is 56.1 Å². The Balaban J connectivity index is 1.26. The average Bonchev–Trinajstić information content (AvgIpc) is 3.29. The Morgan fingerprint density at radius 3 is 2.51 bits per heavy atom. The van der Waals surface area contributed by atoms with Crippen molar-refractivity contribution in [1.82, 2.24) is 24.6 Å². The lowest BCUT2D eigenvalue weighted by Gasteiger charge is -2.19. The Bertz CT molecular complexity index is 2000. The van der Waals surface area contributed by atoms with E-state index in [-0.39, 0.29) is 23.4 Å². The van der Waals surface area contributed by atoms with Crippen LogP contribution in [-0.2, 0) is 7.05 Å². The molecule has 0 aliphatic carbocycles. The Labute approximate surface area is 290 Å². The highest BCUT2D eigenvalue weighted by Crippen LogP contribution is 2.29. The van der Waals surface area contributed by atoms with Gasteiger partial charge < -0.3 is 26.2 Å². The van der Waals surface area contributed by atoms with Gasteiger partial charge in [-0.2, -0.15) is 0 Å². The van der Waals surface area contributed by atoms with Crippen LogP contribution in [0.25, 0.3) is 28.2 Å². The molecule has 1 amide bonds. The van der Waals surface area contributed by atoms with E-state index in [9.17, 15) is 14.7 Å². The molecule has 0 bridgehead atoms. The van der Waals surface area contributed by atoms with Gasteiger partial charge in [0, 0.05) is 35.4 Å². The van der Waals surface area contributed by atoms with Crippen molar-refractivity contribution in [3.8, 4) is 34.0 Å². The number of amides is 1. The molecule has 5 N–H and O–H groups in total. The van der Waals surface area contributed by atoms with E-state index >= 15 is 0 Å². The maximum Gasteiger partial charge on any atom is 0.284 e. The second kappa shape index (κ2) is 15.1. The van der Waals surface area contributed by atoms with Crippen LogP contribution in [0.5, 0.6) is 5.75 Å². The number of aliphatic hydroxyl groups is 1. The second-order valence-electron chi connectivity index (χ2n) is 13.1. The summed E-state index contributed by atoms with van der Waals surface area (Å²) >= 11 is 6.14. The van der Waals surface area contributed by atoms with E-state index in [1.54, 1.807) is 73.4 Å². The lowest BCUT2D eigenvalue weighted by atomic mass is 9.92. The molecule has 3 aromatic carbocycles. The number of aliphatic hydroxyl groups excluding tert-OH is 1. The van der Waals surface area contributed by atoms with Gasteiger partial charge in [0.2, 0.25) is 0 Å². The molecule has 11 nitrogen and oxygen atoms in total. The normalized spacial score (nSPS) is 12.1. The first kappa shape index (κ1) is 35.3. The van der Waals surface area contributed by atoms with Gasteiger partial charge in [0.05, 0.1) is 23.3 Å². The summed E-state index contributed by atoms with van der Waals surface area (Å²) in [4.78, 5) is 35.8. The fourth-order valence-corrected chi connectivity index (χ4v) is 5.44. The molecule has 0 fully saturated rings. The van der Waals surface area contributed by atoms with Crippen LogP contribution in [0.2, 0.25) is 5.02 Å². The molecule has 0 saturated carbocycles. The first-order valence-electron chi connectivity index (χ1n) is 16.0. The van der Waals surface area contributed by atoms with Gasteiger partial charge in [-0.05, 0) is 67.8 Å². The third-order valence-corrected chi connectivity index (χ3v) is 8.29. The van der Waals surface area contributed by atoms with Crippen molar-refractivity contribution in [2.24, 2.45) is 12.5 Å². The molecule has 0 spiro atoms. The first-order chi connectivity index (χ1) is 23.3. The summed E-state index contributed by atoms with van der Waals surface area (Å²) < 4.78 is 8.90. The molecular weight excluding hydrogens is 642 g/mol. The zero-order valence-electron chi connectivity index (χ0n) is 28.3. The van der Waals surface area contributed by atoms with Crippen LogP contribution in [0.3, 0.4) is 0 Å². The summed E-state index contributed by atoms with van der Waals surface area (Å²) in [6, 6.07) is 21.3. The van der Waals surface area contributed by atoms with Crippen LogP contribution >= 0.6 is 11.6 Å². The molecule has 12 heteroatoms. The minimum Gasteiger partial charge on any atom is -0.491 e. The SMILES string of the molecule is Cc1c(C(=O)Nc2ccc(-c3nc(-c4cccc(OCC(O)CNCCC(C)(C)C)c4)cnc3N)cc2)c(=O)n(-c2cccc(Cl)c2)n1C. The number of aromatic nitrogens is 4. The quantitative estimate of drug-likeness (QED) is 0.120. The van der Waals surface area contributed by atoms with E-state index in [1.807, 2.05) is 24.3 Å². The monoisotopic (exact) mass is 683 g/mol. The summed E-state index contributed by atoms with van der Waals surface area (Å²) in [5, 5.41) is 17.0.